The SMILES string of the molecule is O=P([O-])(O)Oc1ccccc1.[K+]. The van der Waals surface area contributed by atoms with Gasteiger partial charge in [-0.25, -0.2) is 0 Å². The summed E-state index contributed by atoms with van der Waals surface area (Å²) in [5.74, 6) is 0.105. The fraction of sp³-hybridized carbons (Fsp3) is 0. The molecule has 0 bridgehead atoms. The monoisotopic (exact) mass is 212 g/mol. The summed E-state index contributed by atoms with van der Waals surface area (Å²) in [5, 5.41) is 0. The third-order valence-electron chi connectivity index (χ3n) is 0.964. The normalized spacial score (nSPS) is 14.2. The van der Waals surface area contributed by atoms with Crippen LogP contribution in [0.15, 0.2) is 30.3 Å². The van der Waals surface area contributed by atoms with Crippen molar-refractivity contribution in [1.29, 1.82) is 0 Å². The largest absolute Gasteiger partial charge is 1.00 e. The summed E-state index contributed by atoms with van der Waals surface area (Å²) in [6, 6.07) is 7.78. The van der Waals surface area contributed by atoms with E-state index >= 15 is 0 Å². The zero-order valence-electron chi connectivity index (χ0n) is 6.51. The Labute approximate surface area is 113 Å². The molecule has 1 N–H and O–H groups in total. The van der Waals surface area contributed by atoms with Gasteiger partial charge in [0.15, 0.2) is 0 Å². The summed E-state index contributed by atoms with van der Waals surface area (Å²) in [7, 11) is -4.64. The predicted octanol–water partition coefficient (Wildman–Crippen LogP) is -2.47. The molecule has 6 heteroatoms. The van der Waals surface area contributed by atoms with Crippen molar-refractivity contribution in [2.45, 2.75) is 0 Å². The van der Waals surface area contributed by atoms with Gasteiger partial charge in [0.2, 0.25) is 0 Å². The van der Waals surface area contributed by atoms with Crippen LogP contribution in [0, 0.1) is 0 Å². The van der Waals surface area contributed by atoms with Crippen molar-refractivity contribution in [1.82, 2.24) is 0 Å². The van der Waals surface area contributed by atoms with Crippen molar-refractivity contribution < 1.29 is 70.3 Å². The second-order valence-electron chi connectivity index (χ2n) is 1.87. The number of phosphoric acid groups is 1. The second kappa shape index (κ2) is 5.52. The van der Waals surface area contributed by atoms with Crippen LogP contribution in [0.5, 0.6) is 5.75 Å². The van der Waals surface area contributed by atoms with E-state index in [1.807, 2.05) is 0 Å². The van der Waals surface area contributed by atoms with Gasteiger partial charge in [-0.3, -0.25) is 4.57 Å². The fourth-order valence-corrected chi connectivity index (χ4v) is 1.00. The fourth-order valence-electron chi connectivity index (χ4n) is 0.615. The van der Waals surface area contributed by atoms with E-state index in [0.29, 0.717) is 0 Å². The van der Waals surface area contributed by atoms with Gasteiger partial charge in [0, 0.05) is 0 Å². The van der Waals surface area contributed by atoms with Crippen molar-refractivity contribution in [3.05, 3.63) is 30.3 Å². The molecule has 1 aromatic rings. The van der Waals surface area contributed by atoms with Crippen molar-refractivity contribution in [3.8, 4) is 5.75 Å². The molecule has 0 aromatic heterocycles. The molecule has 0 saturated heterocycles. The van der Waals surface area contributed by atoms with Gasteiger partial charge < -0.3 is 14.3 Å². The number of hydrogen-bond donors (Lipinski definition) is 1. The topological polar surface area (TPSA) is 69.6 Å². The number of hydrogen-bond acceptors (Lipinski definition) is 3. The van der Waals surface area contributed by atoms with Gasteiger partial charge in [0.05, 0.1) is 0 Å². The third-order valence-corrected chi connectivity index (χ3v) is 1.41. The van der Waals surface area contributed by atoms with Gasteiger partial charge in [-0.05, 0) is 12.1 Å². The Bertz CT molecular complexity index is 270. The molecule has 0 radical (unpaired) electrons. The van der Waals surface area contributed by atoms with Crippen molar-refractivity contribution >= 4 is 7.82 Å². The standard InChI is InChI=1S/C6H7O4P.K/c7-11(8,9)10-6-4-2-1-3-5-6;/h1-5H,(H2,7,8,9);/q;+1/p-1. The van der Waals surface area contributed by atoms with Crippen molar-refractivity contribution in [2.24, 2.45) is 0 Å². The minimum Gasteiger partial charge on any atom is -0.746 e. The van der Waals surface area contributed by atoms with Crippen LogP contribution < -0.4 is 60.8 Å². The first-order valence-corrected chi connectivity index (χ1v) is 4.36. The first kappa shape index (κ1) is 12.8. The molecule has 60 valence electrons. The molecule has 0 aliphatic rings. The van der Waals surface area contributed by atoms with Crippen molar-refractivity contribution in [3.63, 3.8) is 0 Å². The average molecular weight is 212 g/mol. The number of para-hydroxylation sites is 1. The Balaban J connectivity index is 0.00000121. The second-order valence-corrected chi connectivity index (χ2v) is 2.99. The molecule has 0 saturated carbocycles. The van der Waals surface area contributed by atoms with Crippen LogP contribution in [-0.4, -0.2) is 4.89 Å². The summed E-state index contributed by atoms with van der Waals surface area (Å²) >= 11 is 0. The van der Waals surface area contributed by atoms with E-state index in [4.69, 9.17) is 4.89 Å². The molecular formula is C6H6KO4P. The van der Waals surface area contributed by atoms with Gasteiger partial charge >= 0.3 is 59.2 Å². The van der Waals surface area contributed by atoms with Crippen LogP contribution >= 0.6 is 7.82 Å². The first-order valence-electron chi connectivity index (χ1n) is 2.86. The van der Waals surface area contributed by atoms with E-state index in [9.17, 15) is 9.46 Å². The van der Waals surface area contributed by atoms with Crippen LogP contribution in [0.3, 0.4) is 0 Å². The molecule has 0 heterocycles. The zero-order valence-corrected chi connectivity index (χ0v) is 10.5. The molecule has 0 aliphatic heterocycles. The molecule has 0 fully saturated rings. The Morgan fingerprint density at radius 2 is 1.83 bits per heavy atom. The van der Waals surface area contributed by atoms with E-state index in [-0.39, 0.29) is 57.1 Å². The Morgan fingerprint density at radius 1 is 1.33 bits per heavy atom. The van der Waals surface area contributed by atoms with Gasteiger partial charge in [-0.2, -0.15) is 0 Å². The van der Waals surface area contributed by atoms with Crippen LogP contribution in [0.1, 0.15) is 0 Å². The van der Waals surface area contributed by atoms with Gasteiger partial charge in [-0.15, -0.1) is 0 Å². The molecule has 0 amide bonds. The minimum absolute atomic E-state index is 0. The first-order chi connectivity index (χ1) is 5.08. The predicted molar refractivity (Wildman–Crippen MR) is 36.9 cm³/mol. The maximum Gasteiger partial charge on any atom is 1.00 e. The summed E-state index contributed by atoms with van der Waals surface area (Å²) in [5.41, 5.74) is 0. The maximum absolute atomic E-state index is 10.2. The molecule has 0 spiro atoms. The van der Waals surface area contributed by atoms with Gasteiger partial charge in [-0.1, -0.05) is 18.2 Å². The van der Waals surface area contributed by atoms with E-state index < -0.39 is 7.82 Å². The van der Waals surface area contributed by atoms with E-state index in [1.165, 1.54) is 12.1 Å². The Kier molecular flexibility index (Phi) is 5.89. The Morgan fingerprint density at radius 3 is 2.25 bits per heavy atom. The molecule has 1 atom stereocenters. The molecule has 1 unspecified atom stereocenters. The van der Waals surface area contributed by atoms with E-state index in [2.05, 4.69) is 4.52 Å². The molecular weight excluding hydrogens is 206 g/mol. The Hall–Kier alpha value is 0.806. The molecule has 4 nitrogen and oxygen atoms in total. The number of rotatable bonds is 2. The van der Waals surface area contributed by atoms with Gasteiger partial charge in [0.25, 0.3) is 0 Å². The van der Waals surface area contributed by atoms with Crippen molar-refractivity contribution in [2.75, 3.05) is 0 Å². The van der Waals surface area contributed by atoms with Crippen LogP contribution in [0.4, 0.5) is 0 Å². The molecule has 12 heavy (non-hydrogen) atoms. The van der Waals surface area contributed by atoms with Crippen LogP contribution in [-0.2, 0) is 4.57 Å². The third kappa shape index (κ3) is 5.45. The number of phosphoric ester groups is 1. The smallest absolute Gasteiger partial charge is 0.746 e. The van der Waals surface area contributed by atoms with E-state index in [0.717, 1.165) is 0 Å². The summed E-state index contributed by atoms with van der Waals surface area (Å²) in [6.07, 6.45) is 0. The number of benzene rings is 1. The average Bonchev–Trinajstić information content (AvgIpc) is 1.85. The summed E-state index contributed by atoms with van der Waals surface area (Å²) in [4.78, 5) is 18.4. The maximum atomic E-state index is 10.2. The molecule has 1 aromatic carbocycles. The molecule has 1 rings (SSSR count). The van der Waals surface area contributed by atoms with E-state index in [1.54, 1.807) is 18.2 Å². The quantitative estimate of drug-likeness (QED) is 0.435. The zero-order chi connectivity index (χ0) is 8.32. The van der Waals surface area contributed by atoms with Crippen LogP contribution in [0.2, 0.25) is 0 Å². The summed E-state index contributed by atoms with van der Waals surface area (Å²) < 4.78 is 14.3. The molecule has 0 aliphatic carbocycles. The summed E-state index contributed by atoms with van der Waals surface area (Å²) in [6.45, 7) is 0. The van der Waals surface area contributed by atoms with Crippen LogP contribution in [0.25, 0.3) is 0 Å². The van der Waals surface area contributed by atoms with Gasteiger partial charge in [0.1, 0.15) is 5.75 Å². The minimum atomic E-state index is -4.64.